The van der Waals surface area contributed by atoms with Gasteiger partial charge in [0.2, 0.25) is 0 Å². The highest BCUT2D eigenvalue weighted by Crippen LogP contribution is 2.27. The second kappa shape index (κ2) is 5.80. The predicted molar refractivity (Wildman–Crippen MR) is 72.9 cm³/mol. The van der Waals surface area contributed by atoms with Gasteiger partial charge in [-0.3, -0.25) is 11.3 Å². The number of nitrogens with one attached hydrogen (secondary N) is 1. The largest absolute Gasteiger partial charge is 0.271 e. The van der Waals surface area contributed by atoms with E-state index in [1.54, 1.807) is 0 Å². The van der Waals surface area contributed by atoms with Gasteiger partial charge in [-0.1, -0.05) is 48.8 Å². The molecule has 16 heavy (non-hydrogen) atoms. The number of hydrazine groups is 1. The molecule has 90 valence electrons. The maximum Gasteiger partial charge on any atom is 0.0460 e. The maximum atomic E-state index is 5.62. The second-order valence-electron chi connectivity index (χ2n) is 5.37. The third-order valence-electron chi connectivity index (χ3n) is 2.64. The molecule has 1 aromatic carbocycles. The van der Waals surface area contributed by atoms with Crippen LogP contribution in [-0.4, -0.2) is 0 Å². The van der Waals surface area contributed by atoms with Gasteiger partial charge in [0.05, 0.1) is 0 Å². The normalized spacial score (nSPS) is 13.8. The molecular weight excluding hydrogens is 264 g/mol. The summed E-state index contributed by atoms with van der Waals surface area (Å²) in [7, 11) is 0. The molecule has 0 aliphatic carbocycles. The molecule has 0 saturated carbocycles. The molecule has 3 heteroatoms. The molecule has 0 fully saturated rings. The van der Waals surface area contributed by atoms with E-state index in [2.05, 4.69) is 54.3 Å². The number of rotatable bonds is 4. The van der Waals surface area contributed by atoms with Crippen LogP contribution < -0.4 is 11.3 Å². The van der Waals surface area contributed by atoms with Crippen molar-refractivity contribution < 1.29 is 0 Å². The Morgan fingerprint density at radius 3 is 2.56 bits per heavy atom. The molecule has 0 spiro atoms. The van der Waals surface area contributed by atoms with E-state index in [1.165, 1.54) is 5.56 Å². The van der Waals surface area contributed by atoms with E-state index >= 15 is 0 Å². The summed E-state index contributed by atoms with van der Waals surface area (Å²) in [4.78, 5) is 0. The molecule has 1 unspecified atom stereocenters. The molecule has 1 aromatic rings. The van der Waals surface area contributed by atoms with Crippen LogP contribution in [0.3, 0.4) is 0 Å². The number of hydrogen-bond acceptors (Lipinski definition) is 2. The van der Waals surface area contributed by atoms with Crippen molar-refractivity contribution in [1.82, 2.24) is 5.43 Å². The summed E-state index contributed by atoms with van der Waals surface area (Å²) >= 11 is 3.48. The lowest BCUT2D eigenvalue weighted by molar-refractivity contribution is 0.333. The average Bonchev–Trinajstić information content (AvgIpc) is 2.17. The Balaban J connectivity index is 2.68. The summed E-state index contributed by atoms with van der Waals surface area (Å²) in [6.07, 6.45) is 2.20. The lowest BCUT2D eigenvalue weighted by Gasteiger charge is -2.23. The third-order valence-corrected chi connectivity index (χ3v) is 3.13. The van der Waals surface area contributed by atoms with Gasteiger partial charge < -0.3 is 0 Å². The fourth-order valence-electron chi connectivity index (χ4n) is 1.65. The van der Waals surface area contributed by atoms with E-state index in [1.807, 2.05) is 12.1 Å². The Morgan fingerprint density at radius 2 is 2.06 bits per heavy atom. The van der Waals surface area contributed by atoms with Gasteiger partial charge in [-0.15, -0.1) is 0 Å². The SMILES string of the molecule is CC(C)(C)CCC(NN)c1cccc(Br)c1. The fraction of sp³-hybridized carbons (Fsp3) is 0.538. The van der Waals surface area contributed by atoms with Gasteiger partial charge >= 0.3 is 0 Å². The Kier molecular flexibility index (Phi) is 4.96. The van der Waals surface area contributed by atoms with E-state index in [-0.39, 0.29) is 6.04 Å². The fourth-order valence-corrected chi connectivity index (χ4v) is 2.06. The van der Waals surface area contributed by atoms with Crippen molar-refractivity contribution in [1.29, 1.82) is 0 Å². The van der Waals surface area contributed by atoms with E-state index < -0.39 is 0 Å². The van der Waals surface area contributed by atoms with E-state index in [0.717, 1.165) is 17.3 Å². The molecular formula is C13H21BrN2. The first-order valence-electron chi connectivity index (χ1n) is 5.64. The highest BCUT2D eigenvalue weighted by molar-refractivity contribution is 9.10. The predicted octanol–water partition coefficient (Wildman–Crippen LogP) is 3.78. The molecule has 0 aliphatic heterocycles. The molecule has 0 heterocycles. The first-order valence-corrected chi connectivity index (χ1v) is 6.43. The molecule has 0 aromatic heterocycles. The van der Waals surface area contributed by atoms with Gasteiger partial charge in [0.1, 0.15) is 0 Å². The van der Waals surface area contributed by atoms with Crippen LogP contribution in [0.4, 0.5) is 0 Å². The Hall–Kier alpha value is -0.380. The van der Waals surface area contributed by atoms with Crippen molar-refractivity contribution in [2.24, 2.45) is 11.3 Å². The summed E-state index contributed by atoms with van der Waals surface area (Å²) in [6, 6.07) is 8.53. The highest BCUT2D eigenvalue weighted by Gasteiger charge is 2.15. The maximum absolute atomic E-state index is 5.62. The molecule has 0 saturated heterocycles. The first kappa shape index (κ1) is 13.7. The van der Waals surface area contributed by atoms with Crippen molar-refractivity contribution in [3.8, 4) is 0 Å². The molecule has 0 amide bonds. The summed E-state index contributed by atoms with van der Waals surface area (Å²) in [5, 5.41) is 0. The Morgan fingerprint density at radius 1 is 1.38 bits per heavy atom. The Bertz CT molecular complexity index is 331. The first-order chi connectivity index (χ1) is 7.42. The zero-order valence-corrected chi connectivity index (χ0v) is 11.8. The number of halogens is 1. The molecule has 0 aliphatic rings. The standard InChI is InChI=1S/C13H21BrN2/c1-13(2,3)8-7-12(16-15)10-5-4-6-11(14)9-10/h4-6,9,12,16H,7-8,15H2,1-3H3. The van der Waals surface area contributed by atoms with Crippen molar-refractivity contribution in [2.75, 3.05) is 0 Å². The molecule has 3 N–H and O–H groups in total. The number of nitrogens with two attached hydrogens (primary N) is 1. The van der Waals surface area contributed by atoms with Crippen molar-refractivity contribution in [2.45, 2.75) is 39.7 Å². The van der Waals surface area contributed by atoms with Crippen LogP contribution in [-0.2, 0) is 0 Å². The molecule has 1 atom stereocenters. The zero-order valence-electron chi connectivity index (χ0n) is 10.3. The summed E-state index contributed by atoms with van der Waals surface area (Å²) in [6.45, 7) is 6.75. The van der Waals surface area contributed by atoms with Crippen LogP contribution in [0.5, 0.6) is 0 Å². The van der Waals surface area contributed by atoms with Crippen LogP contribution in [0.15, 0.2) is 28.7 Å². The smallest absolute Gasteiger partial charge is 0.0460 e. The van der Waals surface area contributed by atoms with Gasteiger partial charge in [-0.25, -0.2) is 0 Å². The van der Waals surface area contributed by atoms with Gasteiger partial charge in [0.25, 0.3) is 0 Å². The minimum atomic E-state index is 0.233. The van der Waals surface area contributed by atoms with Crippen LogP contribution >= 0.6 is 15.9 Å². The monoisotopic (exact) mass is 284 g/mol. The summed E-state index contributed by atoms with van der Waals surface area (Å²) in [5.74, 6) is 5.62. The average molecular weight is 285 g/mol. The number of hydrogen-bond donors (Lipinski definition) is 2. The van der Waals surface area contributed by atoms with Gasteiger partial charge in [0.15, 0.2) is 0 Å². The summed E-state index contributed by atoms with van der Waals surface area (Å²) < 4.78 is 1.10. The van der Waals surface area contributed by atoms with Crippen LogP contribution in [0.25, 0.3) is 0 Å². The topological polar surface area (TPSA) is 38.0 Å². The van der Waals surface area contributed by atoms with Gasteiger partial charge in [-0.2, -0.15) is 0 Å². The molecule has 1 rings (SSSR count). The minimum absolute atomic E-state index is 0.233. The second-order valence-corrected chi connectivity index (χ2v) is 6.29. The Labute approximate surface area is 107 Å². The van der Waals surface area contributed by atoms with E-state index in [9.17, 15) is 0 Å². The zero-order chi connectivity index (χ0) is 12.2. The van der Waals surface area contributed by atoms with E-state index in [0.29, 0.717) is 5.41 Å². The van der Waals surface area contributed by atoms with Crippen LogP contribution in [0.1, 0.15) is 45.2 Å². The third kappa shape index (κ3) is 4.64. The highest BCUT2D eigenvalue weighted by atomic mass is 79.9. The lowest BCUT2D eigenvalue weighted by atomic mass is 9.87. The summed E-state index contributed by atoms with van der Waals surface area (Å²) in [5.41, 5.74) is 4.48. The molecule has 0 bridgehead atoms. The van der Waals surface area contributed by atoms with Crippen molar-refractivity contribution in [3.05, 3.63) is 34.3 Å². The van der Waals surface area contributed by atoms with Crippen molar-refractivity contribution >= 4 is 15.9 Å². The van der Waals surface area contributed by atoms with Crippen LogP contribution in [0.2, 0.25) is 0 Å². The quantitative estimate of drug-likeness (QED) is 0.652. The van der Waals surface area contributed by atoms with Gasteiger partial charge in [-0.05, 0) is 36.0 Å². The van der Waals surface area contributed by atoms with E-state index in [4.69, 9.17) is 5.84 Å². The molecule has 2 nitrogen and oxygen atoms in total. The van der Waals surface area contributed by atoms with Crippen LogP contribution in [0, 0.1) is 5.41 Å². The van der Waals surface area contributed by atoms with Crippen molar-refractivity contribution in [3.63, 3.8) is 0 Å². The lowest BCUT2D eigenvalue weighted by Crippen LogP contribution is -2.28. The molecule has 0 radical (unpaired) electrons. The number of benzene rings is 1. The van der Waals surface area contributed by atoms with Gasteiger partial charge in [0, 0.05) is 10.5 Å². The minimum Gasteiger partial charge on any atom is -0.271 e.